The predicted octanol–water partition coefficient (Wildman–Crippen LogP) is 1.07. The van der Waals surface area contributed by atoms with Gasteiger partial charge in [0.1, 0.15) is 18.6 Å². The minimum Gasteiger partial charge on any atom is -0.480 e. The van der Waals surface area contributed by atoms with Gasteiger partial charge in [-0.3, -0.25) is 19.2 Å². The van der Waals surface area contributed by atoms with Gasteiger partial charge in [-0.1, -0.05) is 50.8 Å². The van der Waals surface area contributed by atoms with Gasteiger partial charge in [-0.25, -0.2) is 0 Å². The highest BCUT2D eigenvalue weighted by Gasteiger charge is 2.40. The number of rotatable bonds is 9. The van der Waals surface area contributed by atoms with Crippen LogP contribution in [0.25, 0.3) is 0 Å². The van der Waals surface area contributed by atoms with Crippen molar-refractivity contribution in [2.45, 2.75) is 38.8 Å². The number of carboxylic acids is 1. The van der Waals surface area contributed by atoms with E-state index >= 15 is 0 Å². The quantitative estimate of drug-likeness (QED) is 0.587. The van der Waals surface area contributed by atoms with E-state index in [0.717, 1.165) is 11.6 Å². The number of piperazine rings is 1. The number of carbonyl (C=O) groups excluding carboxylic acids is 3. The van der Waals surface area contributed by atoms with E-state index in [1.807, 2.05) is 44.2 Å². The summed E-state index contributed by atoms with van der Waals surface area (Å²) in [5.74, 6) is -2.16. The normalized spacial score (nSPS) is 17.6. The number of carboxylic acid groups (broad SMARTS) is 1. The van der Waals surface area contributed by atoms with Gasteiger partial charge in [0.25, 0.3) is 0 Å². The van der Waals surface area contributed by atoms with Crippen molar-refractivity contribution >= 4 is 23.7 Å². The molecule has 1 fully saturated rings. The average Bonchev–Trinajstić information content (AvgIpc) is 2.70. The van der Waals surface area contributed by atoms with Crippen molar-refractivity contribution < 1.29 is 24.3 Å². The molecule has 0 saturated carbocycles. The largest absolute Gasteiger partial charge is 0.480 e. The molecule has 1 aromatic rings. The van der Waals surface area contributed by atoms with E-state index < -0.39 is 36.4 Å². The molecular formula is C22H29N3O5. The maximum Gasteiger partial charge on any atom is 0.323 e. The van der Waals surface area contributed by atoms with E-state index in [9.17, 15) is 19.2 Å². The molecule has 8 nitrogen and oxygen atoms in total. The first-order valence-electron chi connectivity index (χ1n) is 10.0. The highest BCUT2D eigenvalue weighted by atomic mass is 16.4. The summed E-state index contributed by atoms with van der Waals surface area (Å²) in [6, 6.07) is 7.64. The van der Waals surface area contributed by atoms with Crippen LogP contribution in [0, 0.1) is 5.92 Å². The Bertz CT molecular complexity index is 793. The van der Waals surface area contributed by atoms with E-state index in [2.05, 4.69) is 11.9 Å². The number of hydrogen-bond donors (Lipinski definition) is 2. The van der Waals surface area contributed by atoms with Crippen LogP contribution >= 0.6 is 0 Å². The fourth-order valence-electron chi connectivity index (χ4n) is 3.58. The second-order valence-electron chi connectivity index (χ2n) is 7.79. The van der Waals surface area contributed by atoms with Crippen LogP contribution in [0.3, 0.4) is 0 Å². The molecule has 3 amide bonds. The van der Waals surface area contributed by atoms with Gasteiger partial charge in [0.2, 0.25) is 17.7 Å². The van der Waals surface area contributed by atoms with Gasteiger partial charge in [-0.05, 0) is 24.0 Å². The molecule has 1 aliphatic heterocycles. The van der Waals surface area contributed by atoms with E-state index in [4.69, 9.17) is 5.11 Å². The summed E-state index contributed by atoms with van der Waals surface area (Å²) in [6.45, 7) is 7.24. The van der Waals surface area contributed by atoms with Gasteiger partial charge in [-0.2, -0.15) is 0 Å². The van der Waals surface area contributed by atoms with Crippen molar-refractivity contribution in [1.82, 2.24) is 15.1 Å². The van der Waals surface area contributed by atoms with Crippen molar-refractivity contribution in [1.29, 1.82) is 0 Å². The molecule has 162 valence electrons. The molecule has 0 spiro atoms. The zero-order valence-electron chi connectivity index (χ0n) is 17.4. The van der Waals surface area contributed by atoms with Gasteiger partial charge in [-0.15, -0.1) is 0 Å². The van der Waals surface area contributed by atoms with Gasteiger partial charge < -0.3 is 20.2 Å². The third-order valence-electron chi connectivity index (χ3n) is 4.97. The molecule has 1 unspecified atom stereocenters. The number of nitrogens with one attached hydrogen (secondary N) is 1. The molecule has 2 N–H and O–H groups in total. The first-order chi connectivity index (χ1) is 14.2. The lowest BCUT2D eigenvalue weighted by Crippen LogP contribution is -2.63. The second kappa shape index (κ2) is 10.6. The van der Waals surface area contributed by atoms with Crippen LogP contribution in [-0.4, -0.2) is 70.3 Å². The number of nitrogens with zero attached hydrogens (tertiary/aromatic N) is 2. The topological polar surface area (TPSA) is 107 Å². The Morgan fingerprint density at radius 2 is 1.90 bits per heavy atom. The number of hydrogen-bond acceptors (Lipinski definition) is 4. The van der Waals surface area contributed by atoms with Crippen LogP contribution in [0.5, 0.6) is 0 Å². The lowest BCUT2D eigenvalue weighted by molar-refractivity contribution is -0.156. The van der Waals surface area contributed by atoms with E-state index in [0.29, 0.717) is 6.42 Å². The third-order valence-corrected chi connectivity index (χ3v) is 4.97. The molecule has 1 heterocycles. The second-order valence-corrected chi connectivity index (χ2v) is 7.79. The zero-order valence-corrected chi connectivity index (χ0v) is 17.4. The Labute approximate surface area is 176 Å². The van der Waals surface area contributed by atoms with Crippen LogP contribution in [0.1, 0.15) is 25.8 Å². The molecular weight excluding hydrogens is 386 g/mol. The Balaban J connectivity index is 2.31. The molecule has 8 heteroatoms. The lowest BCUT2D eigenvalue weighted by atomic mass is 9.97. The highest BCUT2D eigenvalue weighted by Crippen LogP contribution is 2.19. The molecule has 1 aliphatic rings. The van der Waals surface area contributed by atoms with Crippen molar-refractivity contribution in [3.63, 3.8) is 0 Å². The summed E-state index contributed by atoms with van der Waals surface area (Å²) < 4.78 is 0. The van der Waals surface area contributed by atoms with Gasteiger partial charge >= 0.3 is 5.97 Å². The van der Waals surface area contributed by atoms with E-state index in [1.165, 1.54) is 9.80 Å². The number of carbonyl (C=O) groups is 4. The van der Waals surface area contributed by atoms with Crippen molar-refractivity contribution in [2.24, 2.45) is 5.92 Å². The minimum absolute atomic E-state index is 0.131. The van der Waals surface area contributed by atoms with Crippen molar-refractivity contribution in [3.8, 4) is 0 Å². The number of aliphatic carboxylic acids is 1. The summed E-state index contributed by atoms with van der Waals surface area (Å²) in [5.41, 5.74) is 0.862. The lowest BCUT2D eigenvalue weighted by Gasteiger charge is -2.41. The van der Waals surface area contributed by atoms with Gasteiger partial charge in [0.15, 0.2) is 0 Å². The first-order valence-corrected chi connectivity index (χ1v) is 10.0. The zero-order chi connectivity index (χ0) is 22.3. The van der Waals surface area contributed by atoms with Gasteiger partial charge in [0, 0.05) is 19.5 Å². The van der Waals surface area contributed by atoms with Crippen LogP contribution in [0.2, 0.25) is 0 Å². The van der Waals surface area contributed by atoms with Crippen molar-refractivity contribution in [2.75, 3.05) is 19.6 Å². The fourth-order valence-corrected chi connectivity index (χ4v) is 3.58. The molecule has 0 bridgehead atoms. The van der Waals surface area contributed by atoms with E-state index in [1.54, 1.807) is 0 Å². The molecule has 2 rings (SSSR count). The maximum atomic E-state index is 13.4. The first kappa shape index (κ1) is 23.1. The average molecular weight is 415 g/mol. The smallest absolute Gasteiger partial charge is 0.323 e. The Morgan fingerprint density at radius 1 is 1.23 bits per heavy atom. The summed E-state index contributed by atoms with van der Waals surface area (Å²) in [4.78, 5) is 52.2. The SMILES string of the molecule is C=CC(=O)NC(CC(C)C)C(=O)N1CCN(CC(=O)O)C(=O)[C@@H]1Cc1ccccc1. The monoisotopic (exact) mass is 415 g/mol. The third kappa shape index (κ3) is 6.17. The number of benzene rings is 1. The number of amides is 3. The Morgan fingerprint density at radius 3 is 2.47 bits per heavy atom. The summed E-state index contributed by atoms with van der Waals surface area (Å²) in [5, 5.41) is 11.8. The Kier molecular flexibility index (Phi) is 8.15. The molecule has 1 aromatic carbocycles. The van der Waals surface area contributed by atoms with E-state index in [-0.39, 0.29) is 31.3 Å². The van der Waals surface area contributed by atoms with Crippen LogP contribution in [0.15, 0.2) is 43.0 Å². The van der Waals surface area contributed by atoms with Crippen LogP contribution < -0.4 is 5.32 Å². The fraction of sp³-hybridized carbons (Fsp3) is 0.455. The van der Waals surface area contributed by atoms with Crippen molar-refractivity contribution in [3.05, 3.63) is 48.6 Å². The molecule has 1 saturated heterocycles. The molecule has 0 aliphatic carbocycles. The maximum absolute atomic E-state index is 13.4. The summed E-state index contributed by atoms with van der Waals surface area (Å²) >= 11 is 0. The molecule has 30 heavy (non-hydrogen) atoms. The minimum atomic E-state index is -1.10. The Hall–Kier alpha value is -3.16. The standard InChI is InChI=1S/C22H29N3O5/c1-4-19(26)23-17(12-15(2)3)21(29)25-11-10-24(14-20(27)28)22(30)18(25)13-16-8-6-5-7-9-16/h4-9,15,17-18H,1,10-14H2,2-3H3,(H,23,26)(H,27,28)/t17?,18-/m0/s1. The molecule has 0 aromatic heterocycles. The van der Waals surface area contributed by atoms with Crippen LogP contribution in [0.4, 0.5) is 0 Å². The van der Waals surface area contributed by atoms with Crippen LogP contribution in [-0.2, 0) is 25.6 Å². The predicted molar refractivity (Wildman–Crippen MR) is 111 cm³/mol. The summed E-state index contributed by atoms with van der Waals surface area (Å²) in [6.07, 6.45) is 1.79. The molecule has 2 atom stereocenters. The highest BCUT2D eigenvalue weighted by molar-refractivity contribution is 5.95. The van der Waals surface area contributed by atoms with Gasteiger partial charge in [0.05, 0.1) is 0 Å². The summed E-state index contributed by atoms with van der Waals surface area (Å²) in [7, 11) is 0. The molecule has 0 radical (unpaired) electrons.